The van der Waals surface area contributed by atoms with Gasteiger partial charge in [-0.2, -0.15) is 0 Å². The molecular weight excluding hydrogens is 568 g/mol. The van der Waals surface area contributed by atoms with Crippen LogP contribution in [0.2, 0.25) is 0 Å². The van der Waals surface area contributed by atoms with Crippen molar-refractivity contribution in [1.29, 1.82) is 0 Å². The molecule has 10 heteroatoms. The van der Waals surface area contributed by atoms with Gasteiger partial charge in [-0.05, 0) is 69.6 Å². The second-order valence-corrected chi connectivity index (χ2v) is 12.5. The minimum Gasteiger partial charge on any atom is -0.340 e. The monoisotopic (exact) mass is 601 g/mol. The Bertz CT molecular complexity index is 1360. The van der Waals surface area contributed by atoms with Gasteiger partial charge >= 0.3 is 0 Å². The van der Waals surface area contributed by atoms with Gasteiger partial charge in [0.2, 0.25) is 5.91 Å². The number of hydrogen-bond acceptors (Lipinski definition) is 4. The molecule has 1 saturated heterocycles. The summed E-state index contributed by atoms with van der Waals surface area (Å²) in [4.78, 5) is 27.6. The van der Waals surface area contributed by atoms with Crippen LogP contribution in [-0.2, 0) is 15.9 Å². The standard InChI is InChI=1S/C29H34BrF2N5O2/c1-17(2)25(33-26(38)19-7-10-21(11-8-19)28(4,5)6)27(39)36-15-29(32,16-36)24-14-37(35-34-24)18(3)20-9-12-23(31)22(30)13-20/h7-14,17-18,25H,15-16H2,1-6H3,(H,33,38)/t18-,25?/m0/s1. The largest absolute Gasteiger partial charge is 0.340 e. The van der Waals surface area contributed by atoms with Gasteiger partial charge in [0, 0.05) is 5.56 Å². The second kappa shape index (κ2) is 10.8. The highest BCUT2D eigenvalue weighted by atomic mass is 79.9. The Morgan fingerprint density at radius 1 is 1.08 bits per heavy atom. The van der Waals surface area contributed by atoms with Crippen LogP contribution in [0.4, 0.5) is 8.78 Å². The lowest BCUT2D eigenvalue weighted by Gasteiger charge is -2.45. The third kappa shape index (κ3) is 6.05. The number of likely N-dealkylation sites (tertiary alicyclic amines) is 1. The lowest BCUT2D eigenvalue weighted by atomic mass is 9.86. The van der Waals surface area contributed by atoms with Crippen molar-refractivity contribution < 1.29 is 18.4 Å². The molecule has 4 rings (SSSR count). The number of carbonyl (C=O) groups is 2. The molecule has 0 saturated carbocycles. The lowest BCUT2D eigenvalue weighted by molar-refractivity contribution is -0.149. The van der Waals surface area contributed by atoms with E-state index in [1.54, 1.807) is 24.3 Å². The van der Waals surface area contributed by atoms with Crippen LogP contribution in [0.15, 0.2) is 53.1 Å². The lowest BCUT2D eigenvalue weighted by Crippen LogP contribution is -2.63. The molecule has 0 bridgehead atoms. The Morgan fingerprint density at radius 2 is 1.72 bits per heavy atom. The van der Waals surface area contributed by atoms with E-state index in [-0.39, 0.29) is 53.8 Å². The maximum absolute atomic E-state index is 15.7. The summed E-state index contributed by atoms with van der Waals surface area (Å²) >= 11 is 3.18. The molecular formula is C29H34BrF2N5O2. The topological polar surface area (TPSA) is 80.1 Å². The number of benzene rings is 2. The predicted molar refractivity (Wildman–Crippen MR) is 149 cm³/mol. The highest BCUT2D eigenvalue weighted by molar-refractivity contribution is 9.10. The summed E-state index contributed by atoms with van der Waals surface area (Å²) in [6, 6.07) is 10.9. The van der Waals surface area contributed by atoms with E-state index in [2.05, 4.69) is 52.3 Å². The first-order valence-electron chi connectivity index (χ1n) is 13.0. The number of hydrogen-bond donors (Lipinski definition) is 1. The molecule has 2 aromatic carbocycles. The number of nitrogens with one attached hydrogen (secondary N) is 1. The fourth-order valence-electron chi connectivity index (χ4n) is 4.53. The molecule has 2 amide bonds. The summed E-state index contributed by atoms with van der Waals surface area (Å²) in [5.74, 6) is -1.25. The molecule has 1 fully saturated rings. The van der Waals surface area contributed by atoms with E-state index in [0.717, 1.165) is 11.1 Å². The van der Waals surface area contributed by atoms with E-state index in [9.17, 15) is 14.0 Å². The summed E-state index contributed by atoms with van der Waals surface area (Å²) in [6.45, 7) is 11.5. The van der Waals surface area contributed by atoms with Crippen molar-refractivity contribution in [3.63, 3.8) is 0 Å². The molecule has 0 aliphatic carbocycles. The molecule has 1 aromatic heterocycles. The van der Waals surface area contributed by atoms with Crippen LogP contribution in [0.25, 0.3) is 0 Å². The van der Waals surface area contributed by atoms with Crippen molar-refractivity contribution in [3.05, 3.63) is 81.3 Å². The summed E-state index contributed by atoms with van der Waals surface area (Å²) in [6.07, 6.45) is 1.52. The minimum atomic E-state index is -1.84. The number of alkyl halides is 1. The smallest absolute Gasteiger partial charge is 0.251 e. The van der Waals surface area contributed by atoms with Crippen molar-refractivity contribution in [2.24, 2.45) is 5.92 Å². The summed E-state index contributed by atoms with van der Waals surface area (Å²) in [7, 11) is 0. The minimum absolute atomic E-state index is 0.0384. The fraction of sp³-hybridized carbons (Fsp3) is 0.448. The van der Waals surface area contributed by atoms with Gasteiger partial charge in [0.15, 0.2) is 5.67 Å². The van der Waals surface area contributed by atoms with Crippen LogP contribution in [-0.4, -0.2) is 50.8 Å². The SMILES string of the molecule is CC(C)C(NC(=O)c1ccc(C(C)(C)C)cc1)C(=O)N1CC(F)(c2cn([C@@H](C)c3ccc(F)c(Br)c3)nn2)C1. The Hall–Kier alpha value is -3.14. The molecule has 1 unspecified atom stereocenters. The number of aromatic nitrogens is 3. The summed E-state index contributed by atoms with van der Waals surface area (Å²) in [5, 5.41) is 10.9. The van der Waals surface area contributed by atoms with Gasteiger partial charge in [0.1, 0.15) is 17.6 Å². The Labute approximate surface area is 236 Å². The third-order valence-electron chi connectivity index (χ3n) is 7.22. The zero-order valence-electron chi connectivity index (χ0n) is 23.0. The zero-order chi connectivity index (χ0) is 28.7. The highest BCUT2D eigenvalue weighted by Gasteiger charge is 2.51. The number of carbonyl (C=O) groups excluding carboxylic acids is 2. The van der Waals surface area contributed by atoms with Crippen LogP contribution >= 0.6 is 15.9 Å². The first-order valence-corrected chi connectivity index (χ1v) is 13.8. The van der Waals surface area contributed by atoms with E-state index in [0.29, 0.717) is 10.0 Å². The van der Waals surface area contributed by atoms with Crippen molar-refractivity contribution in [1.82, 2.24) is 25.2 Å². The van der Waals surface area contributed by atoms with Gasteiger partial charge < -0.3 is 10.2 Å². The normalized spacial score (nSPS) is 16.5. The van der Waals surface area contributed by atoms with Crippen molar-refractivity contribution in [2.75, 3.05) is 13.1 Å². The molecule has 0 spiro atoms. The molecule has 1 aliphatic rings. The average Bonchev–Trinajstić information content (AvgIpc) is 3.36. The van der Waals surface area contributed by atoms with Crippen LogP contribution in [0, 0.1) is 11.7 Å². The molecule has 39 heavy (non-hydrogen) atoms. The number of rotatable bonds is 7. The van der Waals surface area contributed by atoms with E-state index in [1.807, 2.05) is 32.9 Å². The maximum Gasteiger partial charge on any atom is 0.251 e. The quantitative estimate of drug-likeness (QED) is 0.385. The Kier molecular flexibility index (Phi) is 7.98. The van der Waals surface area contributed by atoms with Crippen molar-refractivity contribution in [2.45, 2.75) is 64.7 Å². The van der Waals surface area contributed by atoms with E-state index in [1.165, 1.54) is 21.8 Å². The van der Waals surface area contributed by atoms with Gasteiger partial charge in [-0.3, -0.25) is 9.59 Å². The van der Waals surface area contributed by atoms with Crippen LogP contribution < -0.4 is 5.32 Å². The molecule has 0 radical (unpaired) electrons. The molecule has 208 valence electrons. The molecule has 2 atom stereocenters. The maximum atomic E-state index is 15.7. The van der Waals surface area contributed by atoms with Crippen molar-refractivity contribution >= 4 is 27.7 Å². The van der Waals surface area contributed by atoms with Crippen molar-refractivity contribution in [3.8, 4) is 0 Å². The number of halogens is 3. The first kappa shape index (κ1) is 28.9. The summed E-state index contributed by atoms with van der Waals surface area (Å²) in [5.41, 5.74) is 0.593. The molecule has 1 aliphatic heterocycles. The molecule has 7 nitrogen and oxygen atoms in total. The number of amides is 2. The van der Waals surface area contributed by atoms with E-state index in [4.69, 9.17) is 0 Å². The summed E-state index contributed by atoms with van der Waals surface area (Å²) < 4.78 is 31.2. The van der Waals surface area contributed by atoms with Gasteiger partial charge in [-0.25, -0.2) is 13.5 Å². The van der Waals surface area contributed by atoms with Gasteiger partial charge in [0.05, 0.1) is 29.8 Å². The van der Waals surface area contributed by atoms with Gasteiger partial charge in [-0.15, -0.1) is 5.10 Å². The zero-order valence-corrected chi connectivity index (χ0v) is 24.6. The average molecular weight is 603 g/mol. The first-order chi connectivity index (χ1) is 18.2. The van der Waals surface area contributed by atoms with Crippen LogP contribution in [0.3, 0.4) is 0 Å². The fourth-order valence-corrected chi connectivity index (χ4v) is 4.93. The Morgan fingerprint density at radius 3 is 2.28 bits per heavy atom. The third-order valence-corrected chi connectivity index (χ3v) is 7.83. The van der Waals surface area contributed by atoms with Crippen LogP contribution in [0.1, 0.15) is 74.8 Å². The highest BCUT2D eigenvalue weighted by Crippen LogP contribution is 2.36. The van der Waals surface area contributed by atoms with Gasteiger partial charge in [0.25, 0.3) is 5.91 Å². The Balaban J connectivity index is 1.40. The molecule has 3 aromatic rings. The molecule has 2 heterocycles. The van der Waals surface area contributed by atoms with E-state index < -0.39 is 11.7 Å². The second-order valence-electron chi connectivity index (χ2n) is 11.6. The molecule has 1 N–H and O–H groups in total. The predicted octanol–water partition coefficient (Wildman–Crippen LogP) is 5.55. The van der Waals surface area contributed by atoms with Gasteiger partial charge in [-0.1, -0.05) is 58.0 Å². The van der Waals surface area contributed by atoms with E-state index >= 15 is 4.39 Å². The van der Waals surface area contributed by atoms with Crippen LogP contribution in [0.5, 0.6) is 0 Å². The number of nitrogens with zero attached hydrogens (tertiary/aromatic N) is 4.